The number of aromatic nitrogens is 2. The van der Waals surface area contributed by atoms with Crippen molar-refractivity contribution in [1.29, 1.82) is 0 Å². The molecule has 6 aliphatic rings. The predicted molar refractivity (Wildman–Crippen MR) is 228 cm³/mol. The summed E-state index contributed by atoms with van der Waals surface area (Å²) in [6, 6.07) is 17.6. The molecule has 1 heterocycles. The van der Waals surface area contributed by atoms with Crippen LogP contribution in [0.15, 0.2) is 70.2 Å². The van der Waals surface area contributed by atoms with Crippen molar-refractivity contribution in [2.45, 2.75) is 124 Å². The first-order chi connectivity index (χ1) is 28.3. The van der Waals surface area contributed by atoms with Gasteiger partial charge in [0.2, 0.25) is 11.8 Å². The average Bonchev–Trinajstić information content (AvgIpc) is 3.83. The summed E-state index contributed by atoms with van der Waals surface area (Å²) < 4.78 is 17.7. The first kappa shape index (κ1) is 42.1. The molecule has 0 N–H and O–H groups in total. The van der Waals surface area contributed by atoms with Crippen molar-refractivity contribution >= 4 is 29.6 Å². The van der Waals surface area contributed by atoms with Gasteiger partial charge in [0.1, 0.15) is 12.4 Å². The number of rotatable bonds is 8. The molecule has 0 spiro atoms. The lowest BCUT2D eigenvalue weighted by Gasteiger charge is -2.67. The number of aldehydes is 1. The van der Waals surface area contributed by atoms with E-state index >= 15 is 0 Å². The predicted octanol–water partition coefficient (Wildman–Crippen LogP) is 11.1. The van der Waals surface area contributed by atoms with E-state index in [9.17, 15) is 14.4 Å². The number of carbonyl (C=O) groups is 3. The normalized spacial score (nSPS) is 37.2. The number of fused-ring (bicyclic) bond motifs is 7. The molecular formula is C50H63ClN2O6. The Morgan fingerprint density at radius 2 is 1.61 bits per heavy atom. The molecule has 59 heavy (non-hydrogen) atoms. The van der Waals surface area contributed by atoms with E-state index in [2.05, 4.69) is 44.8 Å². The molecule has 0 saturated heterocycles. The number of benzene rings is 2. The minimum atomic E-state index is -0.528. The van der Waals surface area contributed by atoms with E-state index in [4.69, 9.17) is 25.5 Å². The summed E-state index contributed by atoms with van der Waals surface area (Å²) in [5.41, 5.74) is 4.21. The second kappa shape index (κ2) is 16.3. The van der Waals surface area contributed by atoms with Gasteiger partial charge < -0.3 is 18.7 Å². The van der Waals surface area contributed by atoms with Crippen LogP contribution in [0.5, 0.6) is 0 Å². The van der Waals surface area contributed by atoms with Crippen LogP contribution in [-0.2, 0) is 35.9 Å². The molecular weight excluding hydrogens is 760 g/mol. The van der Waals surface area contributed by atoms with Crippen LogP contribution in [-0.4, -0.2) is 41.4 Å². The Labute approximate surface area is 355 Å². The van der Waals surface area contributed by atoms with E-state index < -0.39 is 5.41 Å². The SMILES string of the molecule is CC(C)C1=C2C3CCC4C(C)(CCC5C(C)C(OC(=O)C6CC(C=O)C6C)CCC54C)C3CCC2(c2nnc(-c3ccc(Cl)cc3)o2)CC1=O.COCc1ccccc1. The van der Waals surface area contributed by atoms with E-state index in [1.807, 2.05) is 61.5 Å². The molecule has 2 aromatic carbocycles. The highest BCUT2D eigenvalue weighted by atomic mass is 35.5. The lowest BCUT2D eigenvalue weighted by atomic mass is 9.38. The molecule has 8 nitrogen and oxygen atoms in total. The second-order valence-electron chi connectivity index (χ2n) is 19.9. The molecule has 9 rings (SSSR count). The van der Waals surface area contributed by atoms with Gasteiger partial charge >= 0.3 is 5.97 Å². The third kappa shape index (κ3) is 7.16. The Hall–Kier alpha value is -3.62. The Morgan fingerprint density at radius 3 is 2.29 bits per heavy atom. The van der Waals surface area contributed by atoms with Crippen molar-refractivity contribution in [2.24, 2.45) is 64.1 Å². The van der Waals surface area contributed by atoms with Crippen LogP contribution in [0.25, 0.3) is 11.5 Å². The quantitative estimate of drug-likeness (QED) is 0.163. The van der Waals surface area contributed by atoms with Crippen LogP contribution < -0.4 is 0 Å². The first-order valence-electron chi connectivity index (χ1n) is 22.3. The number of halogens is 1. The minimum absolute atomic E-state index is 0.00991. The Morgan fingerprint density at radius 1 is 0.915 bits per heavy atom. The highest BCUT2D eigenvalue weighted by molar-refractivity contribution is 6.30. The molecule has 6 aliphatic carbocycles. The average molecular weight is 824 g/mol. The standard InChI is InChI=1S/C42H53ClN2O5.C8H10O/c1-22(2)35-32(47)20-42(39-45-44-37(50-39)25-7-9-27(43)10-8-25)18-14-31-28(36(35)42)11-12-34-40(5)17-15-33(24(4)30(40)13-16-41(31,34)6)49-38(48)29-19-26(21-46)23(29)3;1-9-7-8-5-3-2-4-6-8/h7-10,21-24,26,28-31,33-34H,11-20H2,1-6H3;2-6H,7H2,1H3. The molecule has 316 valence electrons. The van der Waals surface area contributed by atoms with Crippen molar-refractivity contribution in [3.05, 3.63) is 82.2 Å². The van der Waals surface area contributed by atoms with Crippen LogP contribution >= 0.6 is 11.6 Å². The number of ketones is 1. The van der Waals surface area contributed by atoms with Crippen LogP contribution in [0.2, 0.25) is 5.02 Å². The second-order valence-corrected chi connectivity index (χ2v) is 20.4. The molecule has 0 aliphatic heterocycles. The minimum Gasteiger partial charge on any atom is -0.462 e. The van der Waals surface area contributed by atoms with E-state index in [1.54, 1.807) is 7.11 Å². The van der Waals surface area contributed by atoms with Gasteiger partial charge in [0.25, 0.3) is 0 Å². The number of nitrogens with zero attached hydrogens (tertiary/aromatic N) is 2. The molecule has 0 amide bonds. The van der Waals surface area contributed by atoms with Gasteiger partial charge in [-0.25, -0.2) is 0 Å². The van der Waals surface area contributed by atoms with Crippen molar-refractivity contribution in [3.8, 4) is 11.5 Å². The zero-order chi connectivity index (χ0) is 41.9. The van der Waals surface area contributed by atoms with Gasteiger partial charge in [0.15, 0.2) is 5.78 Å². The number of allylic oxidation sites excluding steroid dienone is 2. The summed E-state index contributed by atoms with van der Waals surface area (Å²) in [5, 5.41) is 9.84. The fraction of sp³-hybridized carbons (Fsp3) is 0.620. The summed E-state index contributed by atoms with van der Waals surface area (Å²) in [7, 11) is 1.70. The first-order valence-corrected chi connectivity index (χ1v) is 22.7. The number of carbonyl (C=O) groups excluding carboxylic acids is 3. The van der Waals surface area contributed by atoms with Crippen molar-refractivity contribution in [1.82, 2.24) is 10.2 Å². The molecule has 9 heteroatoms. The fourth-order valence-corrected chi connectivity index (χ4v) is 13.9. The Balaban J connectivity index is 0.000000478. The zero-order valence-electron chi connectivity index (χ0n) is 36.0. The molecule has 12 unspecified atom stereocenters. The number of hydrogen-bond donors (Lipinski definition) is 0. The number of ether oxygens (including phenoxy) is 2. The lowest BCUT2D eigenvalue weighted by molar-refractivity contribution is -0.195. The van der Waals surface area contributed by atoms with Gasteiger partial charge in [-0.1, -0.05) is 83.5 Å². The third-order valence-electron chi connectivity index (χ3n) is 16.8. The number of methoxy groups -OCH3 is 1. The molecule has 5 saturated carbocycles. The fourth-order valence-electron chi connectivity index (χ4n) is 13.7. The van der Waals surface area contributed by atoms with Gasteiger partial charge in [-0.15, -0.1) is 10.2 Å². The van der Waals surface area contributed by atoms with E-state index in [1.165, 1.54) is 11.1 Å². The number of hydrogen-bond acceptors (Lipinski definition) is 8. The Kier molecular flexibility index (Phi) is 11.7. The zero-order valence-corrected chi connectivity index (χ0v) is 36.8. The van der Waals surface area contributed by atoms with Gasteiger partial charge in [-0.2, -0.15) is 0 Å². The molecule has 5 fully saturated rings. The topological polar surface area (TPSA) is 109 Å². The van der Waals surface area contributed by atoms with Crippen LogP contribution in [0.4, 0.5) is 0 Å². The Bertz CT molecular complexity index is 2060. The number of esters is 1. The third-order valence-corrected chi connectivity index (χ3v) is 17.0. The largest absolute Gasteiger partial charge is 0.462 e. The molecule has 1 aromatic heterocycles. The van der Waals surface area contributed by atoms with Crippen LogP contribution in [0, 0.1) is 64.1 Å². The van der Waals surface area contributed by atoms with Crippen LogP contribution in [0.3, 0.4) is 0 Å². The molecule has 0 bridgehead atoms. The maximum atomic E-state index is 14.0. The lowest BCUT2D eigenvalue weighted by Crippen LogP contribution is -2.61. The van der Waals surface area contributed by atoms with Gasteiger partial charge in [0, 0.05) is 30.0 Å². The summed E-state index contributed by atoms with van der Waals surface area (Å²) in [6.07, 6.45) is 10.4. The maximum Gasteiger partial charge on any atom is 0.309 e. The molecule has 12 atom stereocenters. The summed E-state index contributed by atoms with van der Waals surface area (Å²) >= 11 is 6.16. The highest BCUT2D eigenvalue weighted by Crippen LogP contribution is 2.72. The highest BCUT2D eigenvalue weighted by Gasteiger charge is 2.66. The van der Waals surface area contributed by atoms with Gasteiger partial charge in [-0.3, -0.25) is 9.59 Å². The van der Waals surface area contributed by atoms with Crippen molar-refractivity contribution in [3.63, 3.8) is 0 Å². The van der Waals surface area contributed by atoms with Crippen LogP contribution in [0.1, 0.15) is 117 Å². The molecule has 3 aromatic rings. The molecule has 0 radical (unpaired) electrons. The van der Waals surface area contributed by atoms with Gasteiger partial charge in [0.05, 0.1) is 17.9 Å². The summed E-state index contributed by atoms with van der Waals surface area (Å²) in [4.78, 5) is 38.5. The van der Waals surface area contributed by atoms with E-state index in [0.29, 0.717) is 65.8 Å². The summed E-state index contributed by atoms with van der Waals surface area (Å²) in [5.74, 6) is 3.54. The number of Topliss-reactive ketones (excluding diaryl/α,β-unsaturated/α-hetero) is 1. The smallest absolute Gasteiger partial charge is 0.309 e. The van der Waals surface area contributed by atoms with Crippen molar-refractivity contribution in [2.75, 3.05) is 7.11 Å². The maximum absolute atomic E-state index is 14.0. The monoisotopic (exact) mass is 822 g/mol. The summed E-state index contributed by atoms with van der Waals surface area (Å²) in [6.45, 7) is 14.5. The van der Waals surface area contributed by atoms with Gasteiger partial charge in [-0.05, 0) is 151 Å². The van der Waals surface area contributed by atoms with E-state index in [-0.39, 0.29) is 52.4 Å². The van der Waals surface area contributed by atoms with Crippen molar-refractivity contribution < 1.29 is 28.3 Å². The van der Waals surface area contributed by atoms with E-state index in [0.717, 1.165) is 68.8 Å².